The molecule has 2 aromatic rings. The normalized spacial score (nSPS) is 15.9. The quantitative estimate of drug-likeness (QED) is 0.799. The number of sulfonamides is 1. The van der Waals surface area contributed by atoms with E-state index in [1.807, 2.05) is 12.3 Å². The number of ether oxygens (including phenoxy) is 1. The fraction of sp³-hybridized carbons (Fsp3) is 0.471. The van der Waals surface area contributed by atoms with E-state index in [-0.39, 0.29) is 10.8 Å². The predicted octanol–water partition coefficient (Wildman–Crippen LogP) is 1.39. The second-order valence-corrected chi connectivity index (χ2v) is 9.16. The predicted molar refractivity (Wildman–Crippen MR) is 100 cm³/mol. The van der Waals surface area contributed by atoms with Gasteiger partial charge in [-0.25, -0.2) is 8.42 Å². The van der Waals surface area contributed by atoms with Crippen molar-refractivity contribution in [3.05, 3.63) is 39.8 Å². The maximum absolute atomic E-state index is 12.7. The second-order valence-electron chi connectivity index (χ2n) is 6.22. The average molecular weight is 398 g/mol. The van der Waals surface area contributed by atoms with E-state index < -0.39 is 10.0 Å². The Balaban J connectivity index is 1.67. The van der Waals surface area contributed by atoms with Gasteiger partial charge in [0.05, 0.1) is 13.2 Å². The first-order valence-electron chi connectivity index (χ1n) is 8.45. The Labute approximate surface area is 157 Å². The van der Waals surface area contributed by atoms with Gasteiger partial charge in [0, 0.05) is 37.8 Å². The van der Waals surface area contributed by atoms with Crippen molar-refractivity contribution in [3.8, 4) is 0 Å². The third-order valence-corrected chi connectivity index (χ3v) is 7.37. The number of carbonyl (C=O) groups excluding carboxylic acids is 1. The molecule has 142 valence electrons. The lowest BCUT2D eigenvalue weighted by atomic mass is 10.2. The van der Waals surface area contributed by atoms with Crippen molar-refractivity contribution in [1.29, 1.82) is 0 Å². The second kappa shape index (κ2) is 7.91. The Morgan fingerprint density at radius 1 is 1.35 bits per heavy atom. The molecule has 0 bridgehead atoms. The molecule has 0 aromatic carbocycles. The summed E-state index contributed by atoms with van der Waals surface area (Å²) in [5.74, 6) is -0.273. The fourth-order valence-corrected chi connectivity index (χ4v) is 5.27. The van der Waals surface area contributed by atoms with E-state index in [2.05, 4.69) is 11.4 Å². The summed E-state index contributed by atoms with van der Waals surface area (Å²) in [4.78, 5) is 13.8. The molecule has 1 fully saturated rings. The van der Waals surface area contributed by atoms with Crippen LogP contribution in [-0.4, -0.2) is 56.0 Å². The zero-order chi connectivity index (χ0) is 18.7. The van der Waals surface area contributed by atoms with Crippen LogP contribution in [0.1, 0.15) is 20.9 Å². The summed E-state index contributed by atoms with van der Waals surface area (Å²) < 4.78 is 33.6. The molecule has 0 unspecified atom stereocenters. The smallest absolute Gasteiger partial charge is 0.267 e. The molecule has 3 rings (SSSR count). The van der Waals surface area contributed by atoms with Crippen LogP contribution in [-0.2, 0) is 28.2 Å². The highest BCUT2D eigenvalue weighted by molar-refractivity contribution is 7.89. The van der Waals surface area contributed by atoms with Crippen LogP contribution in [0.25, 0.3) is 0 Å². The molecule has 26 heavy (non-hydrogen) atoms. The molecule has 0 saturated carbocycles. The number of rotatable bonds is 6. The molecule has 1 saturated heterocycles. The molecule has 1 N–H and O–H groups in total. The Hall–Kier alpha value is -1.68. The number of nitrogens with zero attached hydrogens (tertiary/aromatic N) is 2. The maximum Gasteiger partial charge on any atom is 0.267 e. The number of morpholine rings is 1. The first-order chi connectivity index (χ1) is 12.4. The average Bonchev–Trinajstić information content (AvgIpc) is 3.22. The molecule has 7 nitrogen and oxygen atoms in total. The molecular weight excluding hydrogens is 374 g/mol. The number of thiophene rings is 1. The van der Waals surface area contributed by atoms with Crippen molar-refractivity contribution in [2.24, 2.45) is 7.05 Å². The lowest BCUT2D eigenvalue weighted by Gasteiger charge is -2.25. The van der Waals surface area contributed by atoms with Gasteiger partial charge in [-0.15, -0.1) is 11.3 Å². The molecule has 3 heterocycles. The number of aromatic nitrogens is 1. The van der Waals surface area contributed by atoms with Gasteiger partial charge in [-0.1, -0.05) is 0 Å². The van der Waals surface area contributed by atoms with Crippen LogP contribution in [0.3, 0.4) is 0 Å². The lowest BCUT2D eigenvalue weighted by molar-refractivity contribution is 0.0730. The summed E-state index contributed by atoms with van der Waals surface area (Å²) >= 11 is 1.67. The van der Waals surface area contributed by atoms with Crippen LogP contribution >= 0.6 is 11.3 Å². The summed E-state index contributed by atoms with van der Waals surface area (Å²) in [5, 5.41) is 4.90. The van der Waals surface area contributed by atoms with E-state index in [4.69, 9.17) is 4.74 Å². The summed E-state index contributed by atoms with van der Waals surface area (Å²) in [7, 11) is -1.93. The first kappa shape index (κ1) is 19.1. The van der Waals surface area contributed by atoms with Crippen LogP contribution in [0, 0.1) is 6.92 Å². The standard InChI is InChI=1S/C17H23N3O4S2/c1-13-4-10-25-16(13)3-5-18-17(21)15-11-14(12-19(15)2)26(22,23)20-6-8-24-9-7-20/h4,10-12H,3,5-9H2,1-2H3,(H,18,21). The minimum absolute atomic E-state index is 0.140. The molecule has 0 aliphatic carbocycles. The third kappa shape index (κ3) is 4.01. The monoisotopic (exact) mass is 397 g/mol. The van der Waals surface area contributed by atoms with Crippen LogP contribution < -0.4 is 5.32 Å². The van der Waals surface area contributed by atoms with Crippen molar-refractivity contribution < 1.29 is 17.9 Å². The topological polar surface area (TPSA) is 80.6 Å². The van der Waals surface area contributed by atoms with Crippen LogP contribution in [0.2, 0.25) is 0 Å². The molecule has 0 spiro atoms. The van der Waals surface area contributed by atoms with Gasteiger partial charge < -0.3 is 14.6 Å². The van der Waals surface area contributed by atoms with Crippen molar-refractivity contribution in [2.45, 2.75) is 18.2 Å². The fourth-order valence-electron chi connectivity index (χ4n) is 2.88. The van der Waals surface area contributed by atoms with Gasteiger partial charge in [0.1, 0.15) is 10.6 Å². The summed E-state index contributed by atoms with van der Waals surface area (Å²) in [6, 6.07) is 3.50. The summed E-state index contributed by atoms with van der Waals surface area (Å²) in [6.07, 6.45) is 2.25. The third-order valence-electron chi connectivity index (χ3n) is 4.43. The number of carbonyl (C=O) groups is 1. The van der Waals surface area contributed by atoms with E-state index in [1.54, 1.807) is 23.0 Å². The van der Waals surface area contributed by atoms with Gasteiger partial charge in [-0.05, 0) is 36.4 Å². The molecule has 2 aromatic heterocycles. The van der Waals surface area contributed by atoms with E-state index in [0.29, 0.717) is 38.5 Å². The highest BCUT2D eigenvalue weighted by Crippen LogP contribution is 2.20. The molecule has 0 atom stereocenters. The molecule has 1 aliphatic heterocycles. The number of amides is 1. The van der Waals surface area contributed by atoms with Gasteiger partial charge in [0.15, 0.2) is 0 Å². The maximum atomic E-state index is 12.7. The van der Waals surface area contributed by atoms with Gasteiger partial charge in [-0.3, -0.25) is 4.79 Å². The van der Waals surface area contributed by atoms with Gasteiger partial charge >= 0.3 is 0 Å². The summed E-state index contributed by atoms with van der Waals surface area (Å²) in [5.41, 5.74) is 1.56. The Morgan fingerprint density at radius 2 is 2.08 bits per heavy atom. The van der Waals surface area contributed by atoms with Crippen LogP contribution in [0.4, 0.5) is 0 Å². The van der Waals surface area contributed by atoms with E-state index in [9.17, 15) is 13.2 Å². The van der Waals surface area contributed by atoms with Crippen LogP contribution in [0.15, 0.2) is 28.6 Å². The molecule has 9 heteroatoms. The zero-order valence-corrected chi connectivity index (χ0v) is 16.5. The Kier molecular flexibility index (Phi) is 5.81. The van der Waals surface area contributed by atoms with Crippen LogP contribution in [0.5, 0.6) is 0 Å². The number of hydrogen-bond acceptors (Lipinski definition) is 5. The Morgan fingerprint density at radius 3 is 2.73 bits per heavy atom. The highest BCUT2D eigenvalue weighted by atomic mass is 32.2. The number of nitrogens with one attached hydrogen (secondary N) is 1. The first-order valence-corrected chi connectivity index (χ1v) is 10.8. The molecule has 1 aliphatic rings. The van der Waals surface area contributed by atoms with E-state index in [1.165, 1.54) is 27.0 Å². The van der Waals surface area contributed by atoms with Crippen molar-refractivity contribution in [3.63, 3.8) is 0 Å². The largest absolute Gasteiger partial charge is 0.379 e. The Bertz CT molecular complexity index is 880. The van der Waals surface area contributed by atoms with Crippen molar-refractivity contribution >= 4 is 27.3 Å². The minimum atomic E-state index is -3.60. The van der Waals surface area contributed by atoms with E-state index >= 15 is 0 Å². The minimum Gasteiger partial charge on any atom is -0.379 e. The zero-order valence-electron chi connectivity index (χ0n) is 14.9. The van der Waals surface area contributed by atoms with Crippen molar-refractivity contribution in [1.82, 2.24) is 14.2 Å². The van der Waals surface area contributed by atoms with Gasteiger partial charge in [0.25, 0.3) is 5.91 Å². The highest BCUT2D eigenvalue weighted by Gasteiger charge is 2.28. The molecular formula is C17H23N3O4S2. The summed E-state index contributed by atoms with van der Waals surface area (Å²) in [6.45, 7) is 4.01. The lowest BCUT2D eigenvalue weighted by Crippen LogP contribution is -2.40. The van der Waals surface area contributed by atoms with E-state index in [0.717, 1.165) is 6.42 Å². The molecule has 1 amide bonds. The molecule has 0 radical (unpaired) electrons. The SMILES string of the molecule is Cc1ccsc1CCNC(=O)c1cc(S(=O)(=O)N2CCOCC2)cn1C. The van der Waals surface area contributed by atoms with Gasteiger partial charge in [0.2, 0.25) is 10.0 Å². The van der Waals surface area contributed by atoms with Crippen molar-refractivity contribution in [2.75, 3.05) is 32.8 Å². The number of hydrogen-bond donors (Lipinski definition) is 1. The van der Waals surface area contributed by atoms with Gasteiger partial charge in [-0.2, -0.15) is 4.31 Å². The number of aryl methyl sites for hydroxylation is 2.